The fourth-order valence-corrected chi connectivity index (χ4v) is 3.85. The molecule has 0 amide bonds. The summed E-state index contributed by atoms with van der Waals surface area (Å²) in [6.45, 7) is 0. The number of halogens is 3. The van der Waals surface area contributed by atoms with E-state index in [4.69, 9.17) is 0 Å². The summed E-state index contributed by atoms with van der Waals surface area (Å²) in [5, 5.41) is 11.0. The van der Waals surface area contributed by atoms with Crippen molar-refractivity contribution in [3.63, 3.8) is 0 Å². The molecule has 2 unspecified atom stereocenters. The summed E-state index contributed by atoms with van der Waals surface area (Å²) in [5.41, 5.74) is -1.05. The van der Waals surface area contributed by atoms with Gasteiger partial charge in [-0.2, -0.15) is 13.2 Å². The zero-order chi connectivity index (χ0) is 15.3. The quantitative estimate of drug-likeness (QED) is 0.857. The van der Waals surface area contributed by atoms with Crippen LogP contribution in [0.3, 0.4) is 0 Å². The number of fused-ring (bicyclic) bond motifs is 2. The van der Waals surface area contributed by atoms with Crippen LogP contribution in [0.4, 0.5) is 13.2 Å². The van der Waals surface area contributed by atoms with Crippen molar-refractivity contribution >= 4 is 0 Å². The highest BCUT2D eigenvalue weighted by Crippen LogP contribution is 2.44. The Morgan fingerprint density at radius 3 is 2.10 bits per heavy atom. The Morgan fingerprint density at radius 2 is 1.62 bits per heavy atom. The molecule has 0 saturated carbocycles. The fourth-order valence-electron chi connectivity index (χ4n) is 3.85. The number of rotatable bonds is 1. The summed E-state index contributed by atoms with van der Waals surface area (Å²) in [6, 6.07) is 5.66. The highest BCUT2D eigenvalue weighted by atomic mass is 19.4. The van der Waals surface area contributed by atoms with E-state index in [2.05, 4.69) is 11.9 Å². The maximum atomic E-state index is 12.6. The molecule has 116 valence electrons. The first-order chi connectivity index (χ1) is 9.79. The predicted octanol–water partition coefficient (Wildman–Crippen LogP) is 3.54. The lowest BCUT2D eigenvalue weighted by Gasteiger charge is -2.50. The second-order valence-corrected chi connectivity index (χ2v) is 6.42. The lowest BCUT2D eigenvalue weighted by atomic mass is 9.73. The maximum absolute atomic E-state index is 12.6. The Kier molecular flexibility index (Phi) is 3.53. The minimum absolute atomic E-state index is 0.324. The zero-order valence-corrected chi connectivity index (χ0v) is 12.0. The maximum Gasteiger partial charge on any atom is 0.416 e. The summed E-state index contributed by atoms with van der Waals surface area (Å²) in [6.07, 6.45) is 0.149. The Balaban J connectivity index is 1.86. The molecule has 0 aliphatic carbocycles. The van der Waals surface area contributed by atoms with Gasteiger partial charge in [0, 0.05) is 12.1 Å². The van der Waals surface area contributed by atoms with Gasteiger partial charge in [0.1, 0.15) is 0 Å². The average Bonchev–Trinajstić information content (AvgIpc) is 2.40. The first-order valence-electron chi connectivity index (χ1n) is 7.42. The summed E-state index contributed by atoms with van der Waals surface area (Å²) in [4.78, 5) is 2.32. The van der Waals surface area contributed by atoms with Crippen molar-refractivity contribution in [3.8, 4) is 0 Å². The molecule has 2 heterocycles. The molecule has 1 aromatic rings. The van der Waals surface area contributed by atoms with Gasteiger partial charge in [0.2, 0.25) is 0 Å². The molecule has 2 atom stereocenters. The normalized spacial score (nSPS) is 34.0. The molecule has 2 saturated heterocycles. The van der Waals surface area contributed by atoms with Gasteiger partial charge in [-0.05, 0) is 50.4 Å². The molecular formula is C16H20F3NO. The number of aliphatic hydroxyl groups is 1. The Hall–Kier alpha value is -1.07. The highest BCUT2D eigenvalue weighted by Gasteiger charge is 2.45. The topological polar surface area (TPSA) is 23.5 Å². The second kappa shape index (κ2) is 4.99. The Morgan fingerprint density at radius 1 is 1.10 bits per heavy atom. The van der Waals surface area contributed by atoms with E-state index in [0.717, 1.165) is 25.0 Å². The second-order valence-electron chi connectivity index (χ2n) is 6.42. The van der Waals surface area contributed by atoms with Gasteiger partial charge < -0.3 is 10.0 Å². The molecule has 1 N–H and O–H groups in total. The van der Waals surface area contributed by atoms with Gasteiger partial charge in [-0.1, -0.05) is 18.6 Å². The molecule has 3 rings (SSSR count). The molecule has 0 aromatic heterocycles. The Labute approximate surface area is 122 Å². The van der Waals surface area contributed by atoms with Crippen molar-refractivity contribution in [2.45, 2.75) is 56.0 Å². The lowest BCUT2D eigenvalue weighted by molar-refractivity contribution is -0.137. The molecule has 2 aliphatic rings. The van der Waals surface area contributed by atoms with E-state index in [1.807, 2.05) is 0 Å². The molecule has 5 heteroatoms. The third-order valence-corrected chi connectivity index (χ3v) is 5.12. The smallest absolute Gasteiger partial charge is 0.385 e. The van der Waals surface area contributed by atoms with Crippen LogP contribution in [0.2, 0.25) is 0 Å². The van der Waals surface area contributed by atoms with Crippen LogP contribution < -0.4 is 0 Å². The van der Waals surface area contributed by atoms with Crippen molar-refractivity contribution < 1.29 is 18.3 Å². The molecule has 21 heavy (non-hydrogen) atoms. The molecular weight excluding hydrogens is 279 g/mol. The SMILES string of the molecule is CN1C2CCCC1CC(O)(c1ccc(C(F)(F)F)cc1)C2. The third-order valence-electron chi connectivity index (χ3n) is 5.12. The van der Waals surface area contributed by atoms with Crippen LogP contribution in [0.5, 0.6) is 0 Å². The van der Waals surface area contributed by atoms with Crippen molar-refractivity contribution in [1.29, 1.82) is 0 Å². The molecule has 2 aliphatic heterocycles. The van der Waals surface area contributed by atoms with Gasteiger partial charge in [0.25, 0.3) is 0 Å². The molecule has 0 spiro atoms. The minimum atomic E-state index is -4.33. The monoisotopic (exact) mass is 299 g/mol. The molecule has 2 nitrogen and oxygen atoms in total. The van der Waals surface area contributed by atoms with Crippen LogP contribution >= 0.6 is 0 Å². The van der Waals surface area contributed by atoms with E-state index in [1.165, 1.54) is 18.6 Å². The largest absolute Gasteiger partial charge is 0.416 e. The molecule has 2 fully saturated rings. The standard InChI is InChI=1S/C16H20F3NO/c1-20-13-3-2-4-14(20)10-15(21,9-13)11-5-7-12(8-6-11)16(17,18)19/h5-8,13-14,21H,2-4,9-10H2,1H3. The van der Waals surface area contributed by atoms with Crippen LogP contribution in [0.1, 0.15) is 43.2 Å². The van der Waals surface area contributed by atoms with E-state index >= 15 is 0 Å². The van der Waals surface area contributed by atoms with Gasteiger partial charge in [-0.3, -0.25) is 0 Å². The van der Waals surface area contributed by atoms with Crippen LogP contribution in [-0.2, 0) is 11.8 Å². The number of alkyl halides is 3. The van der Waals surface area contributed by atoms with Crippen LogP contribution in [0, 0.1) is 0 Å². The molecule has 1 aromatic carbocycles. The number of nitrogens with zero attached hydrogens (tertiary/aromatic N) is 1. The van der Waals surface area contributed by atoms with Crippen molar-refractivity contribution in [2.24, 2.45) is 0 Å². The fraction of sp³-hybridized carbons (Fsp3) is 0.625. The minimum Gasteiger partial charge on any atom is -0.385 e. The molecule has 2 bridgehead atoms. The number of hydrogen-bond donors (Lipinski definition) is 1. The van der Waals surface area contributed by atoms with E-state index in [0.29, 0.717) is 30.5 Å². The first-order valence-corrected chi connectivity index (χ1v) is 7.42. The van der Waals surface area contributed by atoms with Crippen molar-refractivity contribution in [1.82, 2.24) is 4.90 Å². The lowest BCUT2D eigenvalue weighted by Crippen LogP contribution is -2.55. The van der Waals surface area contributed by atoms with Gasteiger partial charge in [0.15, 0.2) is 0 Å². The van der Waals surface area contributed by atoms with Gasteiger partial charge in [-0.15, -0.1) is 0 Å². The highest BCUT2D eigenvalue weighted by molar-refractivity contribution is 5.30. The van der Waals surface area contributed by atoms with Gasteiger partial charge in [0.05, 0.1) is 11.2 Å². The van der Waals surface area contributed by atoms with Crippen LogP contribution in [0.25, 0.3) is 0 Å². The number of benzene rings is 1. The van der Waals surface area contributed by atoms with Crippen LogP contribution in [-0.4, -0.2) is 29.1 Å². The summed E-state index contributed by atoms with van der Waals surface area (Å²) in [7, 11) is 2.08. The zero-order valence-electron chi connectivity index (χ0n) is 12.0. The van der Waals surface area contributed by atoms with E-state index < -0.39 is 17.3 Å². The molecule has 0 radical (unpaired) electrons. The van der Waals surface area contributed by atoms with E-state index in [1.54, 1.807) is 0 Å². The average molecular weight is 299 g/mol. The predicted molar refractivity (Wildman–Crippen MR) is 73.8 cm³/mol. The van der Waals surface area contributed by atoms with E-state index in [9.17, 15) is 18.3 Å². The van der Waals surface area contributed by atoms with Gasteiger partial charge >= 0.3 is 6.18 Å². The van der Waals surface area contributed by atoms with Crippen molar-refractivity contribution in [2.75, 3.05) is 7.05 Å². The van der Waals surface area contributed by atoms with Crippen molar-refractivity contribution in [3.05, 3.63) is 35.4 Å². The first kappa shape index (κ1) is 14.9. The summed E-state index contributed by atoms with van der Waals surface area (Å²) < 4.78 is 37.9. The number of hydrogen-bond acceptors (Lipinski definition) is 2. The third kappa shape index (κ3) is 2.69. The Bertz CT molecular complexity index is 497. The van der Waals surface area contributed by atoms with Gasteiger partial charge in [-0.25, -0.2) is 0 Å². The summed E-state index contributed by atoms with van der Waals surface area (Å²) in [5.74, 6) is 0. The number of piperidine rings is 2. The van der Waals surface area contributed by atoms with Crippen LogP contribution in [0.15, 0.2) is 24.3 Å². The van der Waals surface area contributed by atoms with E-state index in [-0.39, 0.29) is 0 Å². The summed E-state index contributed by atoms with van der Waals surface area (Å²) >= 11 is 0.